The monoisotopic (exact) mass is 394 g/mol. The summed E-state index contributed by atoms with van der Waals surface area (Å²) in [6.45, 7) is 4.95. The Morgan fingerprint density at radius 3 is 2.33 bits per heavy atom. The van der Waals surface area contributed by atoms with Gasteiger partial charge < -0.3 is 23.8 Å². The van der Waals surface area contributed by atoms with E-state index in [4.69, 9.17) is 13.8 Å². The van der Waals surface area contributed by atoms with Gasteiger partial charge in [-0.25, -0.2) is 4.98 Å². The molecule has 27 heavy (non-hydrogen) atoms. The minimum absolute atomic E-state index is 0.194. The van der Waals surface area contributed by atoms with Crippen molar-refractivity contribution in [1.29, 1.82) is 0 Å². The normalized spacial score (nSPS) is 12.6. The van der Waals surface area contributed by atoms with E-state index in [1.807, 2.05) is 30.1 Å². The Bertz CT molecular complexity index is 717. The van der Waals surface area contributed by atoms with Gasteiger partial charge in [-0.1, -0.05) is 18.2 Å². The van der Waals surface area contributed by atoms with Crippen molar-refractivity contribution in [1.82, 2.24) is 4.98 Å². The quantitative estimate of drug-likeness (QED) is 0.580. The van der Waals surface area contributed by atoms with Crippen LogP contribution in [0.4, 0.5) is 5.82 Å². The molecular weight excluding hydrogens is 367 g/mol. The van der Waals surface area contributed by atoms with E-state index in [2.05, 4.69) is 4.98 Å². The average molecular weight is 394 g/mol. The van der Waals surface area contributed by atoms with E-state index in [0.717, 1.165) is 5.82 Å². The molecule has 0 aliphatic rings. The molecule has 0 saturated carbocycles. The van der Waals surface area contributed by atoms with Crippen LogP contribution in [0, 0.1) is 0 Å². The fourth-order valence-corrected chi connectivity index (χ4v) is 4.07. The largest absolute Gasteiger partial charge is 0.492 e. The molecule has 1 aromatic carbocycles. The van der Waals surface area contributed by atoms with E-state index >= 15 is 0 Å². The van der Waals surface area contributed by atoms with Gasteiger partial charge in [0.2, 0.25) is 0 Å². The zero-order valence-corrected chi connectivity index (χ0v) is 16.8. The van der Waals surface area contributed by atoms with Crippen molar-refractivity contribution in [2.45, 2.75) is 19.7 Å². The van der Waals surface area contributed by atoms with Gasteiger partial charge in [-0.2, -0.15) is 0 Å². The number of benzene rings is 1. The number of ether oxygens (including phenoxy) is 1. The number of pyridine rings is 1. The molecule has 0 spiro atoms. The summed E-state index contributed by atoms with van der Waals surface area (Å²) in [6, 6.07) is 12.5. The predicted octanol–water partition coefficient (Wildman–Crippen LogP) is 3.85. The number of aliphatic hydroxyl groups is 1. The number of nitrogens with zero attached hydrogens (tertiary/aromatic N) is 2. The van der Waals surface area contributed by atoms with Crippen LogP contribution in [0.2, 0.25) is 0 Å². The lowest BCUT2D eigenvalue weighted by Crippen LogP contribution is -2.24. The molecule has 7 nitrogen and oxygen atoms in total. The standard InChI is InChI=1S/C19H27N2O5P/c1-4-25-27(23,26-5-2)19(22)16-9-11-17(12-10-16)24-15-14-21(3)18-8-6-7-13-20-18/h6-13,19,22H,4-5,14-15H2,1-3H3. The predicted molar refractivity (Wildman–Crippen MR) is 105 cm³/mol. The van der Waals surface area contributed by atoms with Crippen LogP contribution in [0.1, 0.15) is 25.3 Å². The van der Waals surface area contributed by atoms with Crippen molar-refractivity contribution >= 4 is 13.4 Å². The zero-order valence-electron chi connectivity index (χ0n) is 15.9. The number of likely N-dealkylation sites (N-methyl/N-ethyl adjacent to an activating group) is 1. The van der Waals surface area contributed by atoms with Gasteiger partial charge >= 0.3 is 7.60 Å². The minimum atomic E-state index is -3.61. The summed E-state index contributed by atoms with van der Waals surface area (Å²) in [6.07, 6.45) is 1.75. The molecule has 8 heteroatoms. The second-order valence-corrected chi connectivity index (χ2v) is 7.86. The summed E-state index contributed by atoms with van der Waals surface area (Å²) in [5.74, 6) is 0.201. The van der Waals surface area contributed by atoms with E-state index in [9.17, 15) is 9.67 Å². The lowest BCUT2D eigenvalue weighted by atomic mass is 10.2. The molecule has 1 unspecified atom stereocenters. The third-order valence-corrected chi connectivity index (χ3v) is 5.97. The zero-order chi connectivity index (χ0) is 19.7. The molecule has 2 rings (SSSR count). The Labute approximate surface area is 160 Å². The van der Waals surface area contributed by atoms with Gasteiger partial charge in [0.1, 0.15) is 18.2 Å². The first-order valence-corrected chi connectivity index (χ1v) is 10.5. The molecule has 0 aliphatic carbocycles. The first-order valence-electron chi connectivity index (χ1n) is 8.92. The summed E-state index contributed by atoms with van der Waals surface area (Å²) in [5.41, 5.74) is 0.457. The van der Waals surface area contributed by atoms with E-state index in [1.54, 1.807) is 44.3 Å². The van der Waals surface area contributed by atoms with Crippen LogP contribution in [0.5, 0.6) is 5.75 Å². The van der Waals surface area contributed by atoms with Gasteiger partial charge in [0.25, 0.3) is 0 Å². The fraction of sp³-hybridized carbons (Fsp3) is 0.421. The number of rotatable bonds is 11. The van der Waals surface area contributed by atoms with Crippen molar-refractivity contribution in [3.05, 3.63) is 54.2 Å². The lowest BCUT2D eigenvalue weighted by Gasteiger charge is -2.22. The van der Waals surface area contributed by atoms with Crippen molar-refractivity contribution in [3.8, 4) is 5.75 Å². The van der Waals surface area contributed by atoms with Crippen molar-refractivity contribution in [2.75, 3.05) is 38.3 Å². The molecule has 1 atom stereocenters. The number of hydrogen-bond donors (Lipinski definition) is 1. The molecule has 0 amide bonds. The van der Waals surface area contributed by atoms with Crippen molar-refractivity contribution in [2.24, 2.45) is 0 Å². The molecule has 0 bridgehead atoms. The van der Waals surface area contributed by atoms with Crippen LogP contribution in [-0.2, 0) is 13.6 Å². The SMILES string of the molecule is CCOP(=O)(OCC)C(O)c1ccc(OCCN(C)c2ccccn2)cc1. The van der Waals surface area contributed by atoms with Gasteiger partial charge in [-0.3, -0.25) is 4.57 Å². The lowest BCUT2D eigenvalue weighted by molar-refractivity contribution is 0.150. The Balaban J connectivity index is 1.91. The summed E-state index contributed by atoms with van der Waals surface area (Å²) in [4.78, 5) is 6.28. The molecule has 1 aromatic heterocycles. The second-order valence-electron chi connectivity index (χ2n) is 5.78. The average Bonchev–Trinajstić information content (AvgIpc) is 2.69. The number of aliphatic hydroxyl groups excluding tert-OH is 1. The third kappa shape index (κ3) is 6.04. The molecular formula is C19H27N2O5P. The molecule has 1 heterocycles. The molecule has 0 saturated heterocycles. The molecule has 1 N–H and O–H groups in total. The van der Waals surface area contributed by atoms with Gasteiger partial charge in [-0.05, 0) is 43.7 Å². The highest BCUT2D eigenvalue weighted by Crippen LogP contribution is 2.59. The fourth-order valence-electron chi connectivity index (χ4n) is 2.45. The summed E-state index contributed by atoms with van der Waals surface area (Å²) < 4.78 is 28.8. The Morgan fingerprint density at radius 2 is 1.78 bits per heavy atom. The Kier molecular flexibility index (Phi) is 8.25. The van der Waals surface area contributed by atoms with Crippen LogP contribution in [-0.4, -0.2) is 43.5 Å². The molecule has 0 radical (unpaired) electrons. The van der Waals surface area contributed by atoms with Crippen molar-refractivity contribution in [3.63, 3.8) is 0 Å². The first kappa shape index (κ1) is 21.4. The van der Waals surface area contributed by atoms with Crippen molar-refractivity contribution < 1.29 is 23.5 Å². The summed E-state index contributed by atoms with van der Waals surface area (Å²) >= 11 is 0. The van der Waals surface area contributed by atoms with Crippen LogP contribution >= 0.6 is 7.60 Å². The maximum Gasteiger partial charge on any atom is 0.363 e. The van der Waals surface area contributed by atoms with Gasteiger partial charge in [0.05, 0.1) is 19.8 Å². The molecule has 0 aliphatic heterocycles. The Morgan fingerprint density at radius 1 is 1.11 bits per heavy atom. The van der Waals surface area contributed by atoms with Crippen LogP contribution in [0.15, 0.2) is 48.7 Å². The summed E-state index contributed by atoms with van der Waals surface area (Å²) in [7, 11) is -1.67. The molecule has 0 fully saturated rings. The smallest absolute Gasteiger partial charge is 0.363 e. The van der Waals surface area contributed by atoms with Crippen LogP contribution in [0.3, 0.4) is 0 Å². The number of anilines is 1. The van der Waals surface area contributed by atoms with Gasteiger partial charge in [-0.15, -0.1) is 0 Å². The van der Waals surface area contributed by atoms with E-state index in [-0.39, 0.29) is 13.2 Å². The third-order valence-electron chi connectivity index (χ3n) is 3.83. The van der Waals surface area contributed by atoms with E-state index in [1.165, 1.54) is 0 Å². The maximum atomic E-state index is 12.6. The van der Waals surface area contributed by atoms with Gasteiger partial charge in [0.15, 0.2) is 5.85 Å². The van der Waals surface area contributed by atoms with Gasteiger partial charge in [0, 0.05) is 13.2 Å². The number of hydrogen-bond acceptors (Lipinski definition) is 7. The number of aromatic nitrogens is 1. The molecule has 2 aromatic rings. The first-order chi connectivity index (χ1) is 13.0. The van der Waals surface area contributed by atoms with Crippen LogP contribution < -0.4 is 9.64 Å². The second kappa shape index (κ2) is 10.4. The Hall–Kier alpha value is -1.92. The van der Waals surface area contributed by atoms with Crippen LogP contribution in [0.25, 0.3) is 0 Å². The summed E-state index contributed by atoms with van der Waals surface area (Å²) in [5, 5.41) is 10.4. The highest BCUT2D eigenvalue weighted by Gasteiger charge is 2.35. The van der Waals surface area contributed by atoms with E-state index in [0.29, 0.717) is 24.5 Å². The highest BCUT2D eigenvalue weighted by atomic mass is 31.2. The topological polar surface area (TPSA) is 81.1 Å². The van der Waals surface area contributed by atoms with E-state index < -0.39 is 13.4 Å². The highest BCUT2D eigenvalue weighted by molar-refractivity contribution is 7.54. The maximum absolute atomic E-state index is 12.6. The minimum Gasteiger partial charge on any atom is -0.492 e. The molecule has 148 valence electrons.